The van der Waals surface area contributed by atoms with Crippen molar-refractivity contribution in [2.45, 2.75) is 24.4 Å². The van der Waals surface area contributed by atoms with Crippen molar-refractivity contribution in [2.75, 3.05) is 14.2 Å². The lowest BCUT2D eigenvalue weighted by Gasteiger charge is -2.39. The lowest BCUT2D eigenvalue weighted by molar-refractivity contribution is -0.248. The number of hydrogen-bond donors (Lipinski definition) is 0. The molecular weight excluding hydrogens is 259 g/mol. The molecular formula is C13H14F3NO2. The number of rotatable bonds is 3. The molecule has 1 atom stereocenters. The fourth-order valence-electron chi connectivity index (χ4n) is 2.36. The normalized spacial score (nSPS) is 21.2. The van der Waals surface area contributed by atoms with E-state index in [0.717, 1.165) is 0 Å². The largest absolute Gasteiger partial charge is 0.391 e. The van der Waals surface area contributed by atoms with Crippen LogP contribution in [0.5, 0.6) is 0 Å². The molecule has 0 saturated heterocycles. The molecule has 0 saturated carbocycles. The molecule has 1 aliphatic heterocycles. The van der Waals surface area contributed by atoms with Crippen LogP contribution in [-0.4, -0.2) is 32.7 Å². The van der Waals surface area contributed by atoms with Gasteiger partial charge in [-0.05, 0) is 0 Å². The van der Waals surface area contributed by atoms with Crippen LogP contribution in [0.4, 0.5) is 13.2 Å². The molecule has 1 unspecified atom stereocenters. The van der Waals surface area contributed by atoms with Gasteiger partial charge < -0.3 is 9.47 Å². The maximum Gasteiger partial charge on any atom is 0.391 e. The summed E-state index contributed by atoms with van der Waals surface area (Å²) >= 11 is 0. The molecule has 1 aliphatic rings. The van der Waals surface area contributed by atoms with Gasteiger partial charge in [0.2, 0.25) is 5.79 Å². The van der Waals surface area contributed by atoms with Gasteiger partial charge in [-0.3, -0.25) is 4.99 Å². The van der Waals surface area contributed by atoms with Crippen molar-refractivity contribution in [3.63, 3.8) is 0 Å². The van der Waals surface area contributed by atoms with Gasteiger partial charge in [0.25, 0.3) is 0 Å². The van der Waals surface area contributed by atoms with Crippen LogP contribution in [0.25, 0.3) is 0 Å². The van der Waals surface area contributed by atoms with Gasteiger partial charge in [-0.25, -0.2) is 0 Å². The number of fused-ring (bicyclic) bond motifs is 1. The highest BCUT2D eigenvalue weighted by molar-refractivity contribution is 5.83. The molecule has 0 aliphatic carbocycles. The zero-order chi connectivity index (χ0) is 14.1. The van der Waals surface area contributed by atoms with E-state index >= 15 is 0 Å². The van der Waals surface area contributed by atoms with Crippen LogP contribution in [0.2, 0.25) is 0 Å². The molecule has 6 heteroatoms. The number of hydrogen-bond acceptors (Lipinski definition) is 3. The number of benzene rings is 1. The van der Waals surface area contributed by atoms with E-state index in [-0.39, 0.29) is 0 Å². The van der Waals surface area contributed by atoms with E-state index in [2.05, 4.69) is 4.99 Å². The number of nitrogens with zero attached hydrogens (tertiary/aromatic N) is 1. The van der Waals surface area contributed by atoms with Gasteiger partial charge in [0.15, 0.2) is 0 Å². The summed E-state index contributed by atoms with van der Waals surface area (Å²) in [5.41, 5.74) is 1.26. The van der Waals surface area contributed by atoms with Crippen LogP contribution in [0, 0.1) is 0 Å². The smallest absolute Gasteiger partial charge is 0.348 e. The Morgan fingerprint density at radius 3 is 2.42 bits per heavy atom. The Morgan fingerprint density at radius 2 is 1.84 bits per heavy atom. The second kappa shape index (κ2) is 4.94. The molecule has 3 nitrogen and oxygen atoms in total. The van der Waals surface area contributed by atoms with Crippen LogP contribution >= 0.6 is 0 Å². The predicted octanol–water partition coefficient (Wildman–Crippen LogP) is 2.89. The third-order valence-corrected chi connectivity index (χ3v) is 3.20. The van der Waals surface area contributed by atoms with E-state index < -0.39 is 24.4 Å². The van der Waals surface area contributed by atoms with Crippen molar-refractivity contribution in [1.82, 2.24) is 0 Å². The molecule has 104 valence electrons. The zero-order valence-electron chi connectivity index (χ0n) is 10.6. The van der Waals surface area contributed by atoms with Crippen LogP contribution < -0.4 is 0 Å². The molecule has 0 fully saturated rings. The molecule has 0 spiro atoms. The molecule has 1 aromatic carbocycles. The molecule has 0 radical (unpaired) electrons. The highest BCUT2D eigenvalue weighted by atomic mass is 19.4. The van der Waals surface area contributed by atoms with Crippen LogP contribution in [0.15, 0.2) is 29.3 Å². The van der Waals surface area contributed by atoms with E-state index in [1.807, 2.05) is 0 Å². The third-order valence-electron chi connectivity index (χ3n) is 3.20. The van der Waals surface area contributed by atoms with E-state index in [4.69, 9.17) is 9.47 Å². The van der Waals surface area contributed by atoms with Gasteiger partial charge in [0.05, 0.1) is 6.42 Å². The van der Waals surface area contributed by atoms with Crippen molar-refractivity contribution >= 4 is 6.21 Å². The van der Waals surface area contributed by atoms with Gasteiger partial charge in [-0.15, -0.1) is 0 Å². The number of halogens is 3. The standard InChI is InChI=1S/C13H14F3NO2/c1-18-13(19-2)10-6-4-3-5-9(10)8-17-11(13)7-12(14,15)16/h3-6,8,11H,7H2,1-2H3. The average Bonchev–Trinajstić information content (AvgIpc) is 2.37. The second-order valence-electron chi connectivity index (χ2n) is 4.28. The monoisotopic (exact) mass is 273 g/mol. The van der Waals surface area contributed by atoms with Crippen molar-refractivity contribution < 1.29 is 22.6 Å². The van der Waals surface area contributed by atoms with Gasteiger partial charge in [0.1, 0.15) is 6.04 Å². The Hall–Kier alpha value is -1.40. The first-order valence-electron chi connectivity index (χ1n) is 5.72. The maximum absolute atomic E-state index is 12.6. The molecule has 2 rings (SSSR count). The minimum absolute atomic E-state index is 0.559. The minimum Gasteiger partial charge on any atom is -0.348 e. The number of aliphatic imine (C=N–C) groups is 1. The van der Waals surface area contributed by atoms with Crippen molar-refractivity contribution in [2.24, 2.45) is 4.99 Å². The summed E-state index contributed by atoms with van der Waals surface area (Å²) in [6.45, 7) is 0. The zero-order valence-corrected chi connectivity index (χ0v) is 10.6. The summed E-state index contributed by atoms with van der Waals surface area (Å²) in [5, 5.41) is 0. The predicted molar refractivity (Wildman–Crippen MR) is 64.2 cm³/mol. The Balaban J connectivity index is 2.48. The highest BCUT2D eigenvalue weighted by Gasteiger charge is 2.49. The van der Waals surface area contributed by atoms with Crippen molar-refractivity contribution in [1.29, 1.82) is 0 Å². The fraction of sp³-hybridized carbons (Fsp3) is 0.462. The summed E-state index contributed by atoms with van der Waals surface area (Å²) in [5.74, 6) is -1.50. The van der Waals surface area contributed by atoms with Gasteiger partial charge in [-0.1, -0.05) is 24.3 Å². The first-order valence-corrected chi connectivity index (χ1v) is 5.72. The lowest BCUT2D eigenvalue weighted by Crippen LogP contribution is -2.46. The molecule has 1 heterocycles. The Labute approximate surface area is 109 Å². The van der Waals surface area contributed by atoms with Crippen molar-refractivity contribution in [3.05, 3.63) is 35.4 Å². The molecule has 1 aromatic rings. The first-order chi connectivity index (χ1) is 8.93. The Bertz CT molecular complexity index is 481. The Morgan fingerprint density at radius 1 is 1.21 bits per heavy atom. The summed E-state index contributed by atoms with van der Waals surface area (Å²) in [6.07, 6.45) is -4.00. The number of alkyl halides is 3. The van der Waals surface area contributed by atoms with Gasteiger partial charge in [-0.2, -0.15) is 13.2 Å². The summed E-state index contributed by atoms with van der Waals surface area (Å²) in [4.78, 5) is 3.96. The Kier molecular flexibility index (Phi) is 3.64. The first kappa shape index (κ1) is 14.0. The van der Waals surface area contributed by atoms with Crippen LogP contribution in [0.1, 0.15) is 17.5 Å². The van der Waals surface area contributed by atoms with Crippen LogP contribution in [0.3, 0.4) is 0 Å². The average molecular weight is 273 g/mol. The molecule has 0 aromatic heterocycles. The maximum atomic E-state index is 12.6. The van der Waals surface area contributed by atoms with E-state index in [1.54, 1.807) is 24.3 Å². The van der Waals surface area contributed by atoms with Gasteiger partial charge >= 0.3 is 6.18 Å². The number of methoxy groups -OCH3 is 2. The van der Waals surface area contributed by atoms with E-state index in [9.17, 15) is 13.2 Å². The molecule has 0 N–H and O–H groups in total. The third kappa shape index (κ3) is 2.50. The molecule has 19 heavy (non-hydrogen) atoms. The highest BCUT2D eigenvalue weighted by Crippen LogP contribution is 2.40. The number of ether oxygens (including phenoxy) is 2. The van der Waals surface area contributed by atoms with Crippen molar-refractivity contribution in [3.8, 4) is 0 Å². The molecule has 0 amide bonds. The van der Waals surface area contributed by atoms with E-state index in [1.165, 1.54) is 20.4 Å². The van der Waals surface area contributed by atoms with E-state index in [0.29, 0.717) is 11.1 Å². The van der Waals surface area contributed by atoms with Gasteiger partial charge in [0, 0.05) is 31.6 Å². The summed E-state index contributed by atoms with van der Waals surface area (Å²) in [6, 6.07) is 5.81. The molecule has 0 bridgehead atoms. The lowest BCUT2D eigenvalue weighted by atomic mass is 9.89. The minimum atomic E-state index is -4.34. The fourth-order valence-corrected chi connectivity index (χ4v) is 2.36. The summed E-state index contributed by atoms with van der Waals surface area (Å²) in [7, 11) is 2.65. The SMILES string of the molecule is COC1(OC)c2ccccc2C=NC1CC(F)(F)F. The summed E-state index contributed by atoms with van der Waals surface area (Å²) < 4.78 is 48.5. The quantitative estimate of drug-likeness (QED) is 0.793. The second-order valence-corrected chi connectivity index (χ2v) is 4.28. The van der Waals surface area contributed by atoms with Crippen LogP contribution in [-0.2, 0) is 15.3 Å². The topological polar surface area (TPSA) is 30.8 Å².